The van der Waals surface area contributed by atoms with Crippen LogP contribution < -0.4 is 5.32 Å². The number of benzene rings is 1. The second kappa shape index (κ2) is 6.08. The fraction of sp³-hybridized carbons (Fsp3) is 0.429. The summed E-state index contributed by atoms with van der Waals surface area (Å²) in [5.41, 5.74) is 0.752. The molecule has 0 saturated carbocycles. The molecule has 0 bridgehead atoms. The Morgan fingerprint density at radius 3 is 2.77 bits per heavy atom. The van der Waals surface area contributed by atoms with Gasteiger partial charge in [0.1, 0.15) is 5.82 Å². The van der Waals surface area contributed by atoms with Gasteiger partial charge in [-0.15, -0.1) is 10.2 Å². The number of hydrogen-bond donors (Lipinski definition) is 2. The normalized spacial score (nSPS) is 15.8. The Kier molecular flexibility index (Phi) is 3.99. The van der Waals surface area contributed by atoms with Crippen molar-refractivity contribution in [3.8, 4) is 0 Å². The molecule has 0 radical (unpaired) electrons. The molecule has 1 aliphatic heterocycles. The largest absolute Gasteiger partial charge is 0.386 e. The van der Waals surface area contributed by atoms with Crippen LogP contribution >= 0.6 is 0 Å². The molecule has 22 heavy (non-hydrogen) atoms. The zero-order valence-electron chi connectivity index (χ0n) is 12.2. The van der Waals surface area contributed by atoms with Gasteiger partial charge in [0.25, 0.3) is 5.91 Å². The van der Waals surface area contributed by atoms with Crippen LogP contribution in [0.3, 0.4) is 0 Å². The quantitative estimate of drug-likeness (QED) is 0.895. The fourth-order valence-corrected chi connectivity index (χ4v) is 2.72. The van der Waals surface area contributed by atoms with Gasteiger partial charge in [-0.05, 0) is 31.0 Å². The minimum absolute atomic E-state index is 0.145. The van der Waals surface area contributed by atoms with Crippen LogP contribution in [0.15, 0.2) is 18.2 Å². The smallest absolute Gasteiger partial charge is 0.253 e. The molecule has 116 valence electrons. The summed E-state index contributed by atoms with van der Waals surface area (Å²) in [6, 6.07) is 4.50. The Hall–Kier alpha value is -2.51. The Labute approximate surface area is 126 Å². The molecule has 7 nitrogen and oxygen atoms in total. The van der Waals surface area contributed by atoms with Gasteiger partial charge in [0.05, 0.1) is 5.69 Å². The van der Waals surface area contributed by atoms with Gasteiger partial charge in [0, 0.05) is 31.6 Å². The number of hydrogen-bond acceptors (Lipinski definition) is 5. The van der Waals surface area contributed by atoms with Crippen LogP contribution in [0, 0.1) is 5.82 Å². The van der Waals surface area contributed by atoms with E-state index in [4.69, 9.17) is 0 Å². The number of H-pyrrole nitrogens is 1. The lowest BCUT2D eigenvalue weighted by atomic mass is 9.95. The maximum Gasteiger partial charge on any atom is 0.253 e. The lowest BCUT2D eigenvalue weighted by Crippen LogP contribution is -2.38. The number of nitrogens with one attached hydrogen (secondary N) is 2. The first-order chi connectivity index (χ1) is 10.7. The summed E-state index contributed by atoms with van der Waals surface area (Å²) in [7, 11) is 1.64. The maximum absolute atomic E-state index is 13.8. The molecule has 1 aromatic carbocycles. The van der Waals surface area contributed by atoms with Crippen molar-refractivity contribution in [1.82, 2.24) is 25.5 Å². The molecule has 1 aliphatic rings. The Morgan fingerprint density at radius 2 is 2.18 bits per heavy atom. The number of nitrogens with zero attached hydrogens (tertiary/aromatic N) is 4. The topological polar surface area (TPSA) is 86.8 Å². The van der Waals surface area contributed by atoms with E-state index in [0.29, 0.717) is 30.2 Å². The van der Waals surface area contributed by atoms with Crippen molar-refractivity contribution in [1.29, 1.82) is 0 Å². The summed E-state index contributed by atoms with van der Waals surface area (Å²) in [6.45, 7) is 1.21. The number of tetrazole rings is 1. The summed E-state index contributed by atoms with van der Waals surface area (Å²) in [4.78, 5) is 14.2. The number of carbonyl (C=O) groups excluding carboxylic acids is 1. The van der Waals surface area contributed by atoms with Gasteiger partial charge in [0.15, 0.2) is 5.82 Å². The molecule has 2 heterocycles. The molecule has 1 aromatic heterocycles. The minimum atomic E-state index is -0.421. The summed E-state index contributed by atoms with van der Waals surface area (Å²) >= 11 is 0. The summed E-state index contributed by atoms with van der Waals surface area (Å²) in [5.74, 6) is 0.339. The highest BCUT2D eigenvalue weighted by Crippen LogP contribution is 2.26. The molecule has 8 heteroatoms. The van der Waals surface area contributed by atoms with Crippen LogP contribution in [-0.2, 0) is 0 Å². The number of amides is 1. The first-order valence-electron chi connectivity index (χ1n) is 7.19. The molecular weight excluding hydrogens is 287 g/mol. The lowest BCUT2D eigenvalue weighted by Gasteiger charge is -2.30. The van der Waals surface area contributed by atoms with Crippen molar-refractivity contribution in [3.05, 3.63) is 35.4 Å². The second-order valence-electron chi connectivity index (χ2n) is 5.28. The number of aromatic amines is 1. The Morgan fingerprint density at radius 1 is 1.41 bits per heavy atom. The monoisotopic (exact) mass is 304 g/mol. The van der Waals surface area contributed by atoms with Crippen LogP contribution in [0.1, 0.15) is 34.9 Å². The van der Waals surface area contributed by atoms with Crippen LogP contribution in [0.25, 0.3) is 0 Å². The number of carbonyl (C=O) groups is 1. The highest BCUT2D eigenvalue weighted by atomic mass is 19.1. The number of anilines is 1. The molecule has 2 aromatic rings. The van der Waals surface area contributed by atoms with Crippen molar-refractivity contribution < 1.29 is 9.18 Å². The second-order valence-corrected chi connectivity index (χ2v) is 5.28. The molecule has 3 rings (SSSR count). The maximum atomic E-state index is 13.8. The van der Waals surface area contributed by atoms with Gasteiger partial charge < -0.3 is 10.2 Å². The highest BCUT2D eigenvalue weighted by molar-refractivity contribution is 5.94. The molecule has 1 fully saturated rings. The number of piperidine rings is 1. The molecule has 0 unspecified atom stereocenters. The van der Waals surface area contributed by atoms with Crippen molar-refractivity contribution in [2.45, 2.75) is 18.8 Å². The van der Waals surface area contributed by atoms with Gasteiger partial charge in [-0.3, -0.25) is 4.79 Å². The summed E-state index contributed by atoms with van der Waals surface area (Å²) in [6.07, 6.45) is 1.56. The van der Waals surface area contributed by atoms with Crippen LogP contribution in [0.5, 0.6) is 0 Å². The predicted octanol–water partition coefficient (Wildman–Crippen LogP) is 1.40. The standard InChI is InChI=1S/C14H17FN6O/c1-16-12-3-2-10(8-11(12)15)14(22)21-6-4-9(5-7-21)13-17-19-20-18-13/h2-3,8-9,16H,4-7H2,1H3,(H,17,18,19,20). The van der Waals surface area contributed by atoms with Crippen LogP contribution in [0.4, 0.5) is 10.1 Å². The van der Waals surface area contributed by atoms with Gasteiger partial charge >= 0.3 is 0 Å². The van der Waals surface area contributed by atoms with E-state index in [-0.39, 0.29) is 11.8 Å². The number of aromatic nitrogens is 4. The molecular formula is C14H17FN6O. The van der Waals surface area contributed by atoms with E-state index in [9.17, 15) is 9.18 Å². The average molecular weight is 304 g/mol. The van der Waals surface area contributed by atoms with Crippen molar-refractivity contribution >= 4 is 11.6 Å². The third-order valence-electron chi connectivity index (χ3n) is 3.99. The van der Waals surface area contributed by atoms with Crippen LogP contribution in [0.2, 0.25) is 0 Å². The van der Waals surface area contributed by atoms with Gasteiger partial charge in [-0.2, -0.15) is 5.21 Å². The van der Waals surface area contributed by atoms with Gasteiger partial charge in [-0.25, -0.2) is 4.39 Å². The van der Waals surface area contributed by atoms with E-state index in [0.717, 1.165) is 12.8 Å². The molecule has 2 N–H and O–H groups in total. The third kappa shape index (κ3) is 2.76. The average Bonchev–Trinajstić information content (AvgIpc) is 3.09. The molecule has 0 atom stereocenters. The SMILES string of the molecule is CNc1ccc(C(=O)N2CCC(c3nn[nH]n3)CC2)cc1F. The molecule has 1 amide bonds. The minimum Gasteiger partial charge on any atom is -0.386 e. The molecule has 1 saturated heterocycles. The van der Waals surface area contributed by atoms with E-state index >= 15 is 0 Å². The van der Waals surface area contributed by atoms with E-state index in [1.165, 1.54) is 6.07 Å². The Bertz CT molecular complexity index is 651. The first-order valence-corrected chi connectivity index (χ1v) is 7.19. The fourth-order valence-electron chi connectivity index (χ4n) is 2.72. The Balaban J connectivity index is 1.65. The van der Waals surface area contributed by atoms with E-state index < -0.39 is 5.82 Å². The van der Waals surface area contributed by atoms with E-state index in [1.807, 2.05) is 0 Å². The van der Waals surface area contributed by atoms with Gasteiger partial charge in [-0.1, -0.05) is 5.21 Å². The predicted molar refractivity (Wildman–Crippen MR) is 78.0 cm³/mol. The first kappa shape index (κ1) is 14.4. The number of likely N-dealkylation sites (tertiary alicyclic amines) is 1. The lowest BCUT2D eigenvalue weighted by molar-refractivity contribution is 0.0710. The highest BCUT2D eigenvalue weighted by Gasteiger charge is 2.27. The molecule has 0 spiro atoms. The van der Waals surface area contributed by atoms with E-state index in [1.54, 1.807) is 24.1 Å². The molecule has 0 aliphatic carbocycles. The number of halogens is 1. The third-order valence-corrected chi connectivity index (χ3v) is 3.99. The zero-order valence-corrected chi connectivity index (χ0v) is 12.2. The van der Waals surface area contributed by atoms with Crippen molar-refractivity contribution in [2.24, 2.45) is 0 Å². The van der Waals surface area contributed by atoms with Gasteiger partial charge in [0.2, 0.25) is 0 Å². The summed E-state index contributed by atoms with van der Waals surface area (Å²) in [5, 5.41) is 16.7. The van der Waals surface area contributed by atoms with E-state index in [2.05, 4.69) is 25.9 Å². The van der Waals surface area contributed by atoms with Crippen molar-refractivity contribution in [3.63, 3.8) is 0 Å². The van der Waals surface area contributed by atoms with Crippen molar-refractivity contribution in [2.75, 3.05) is 25.5 Å². The zero-order chi connectivity index (χ0) is 15.5. The van der Waals surface area contributed by atoms with Crippen LogP contribution in [-0.4, -0.2) is 51.6 Å². The number of rotatable bonds is 3. The summed E-state index contributed by atoms with van der Waals surface area (Å²) < 4.78 is 13.8.